The lowest BCUT2D eigenvalue weighted by molar-refractivity contribution is -0.119. The Hall–Kier alpha value is -2.78. The largest absolute Gasteiger partial charge is 0.493 e. The number of piperidine rings is 1. The zero-order chi connectivity index (χ0) is 25.4. The molecule has 0 spiro atoms. The Labute approximate surface area is 209 Å². The Balaban J connectivity index is 1.71. The van der Waals surface area contributed by atoms with Crippen molar-refractivity contribution in [3.63, 3.8) is 0 Å². The highest BCUT2D eigenvalue weighted by Gasteiger charge is 2.28. The first kappa shape index (κ1) is 26.8. The maximum atomic E-state index is 13.6. The van der Waals surface area contributed by atoms with Crippen molar-refractivity contribution in [2.24, 2.45) is 5.92 Å². The molecule has 0 radical (unpaired) electrons. The highest BCUT2D eigenvalue weighted by Crippen LogP contribution is 2.32. The summed E-state index contributed by atoms with van der Waals surface area (Å²) in [6.45, 7) is 7.52. The molecule has 2 aromatic rings. The Morgan fingerprint density at radius 1 is 1.06 bits per heavy atom. The number of ether oxygens (including phenoxy) is 2. The number of likely N-dealkylation sites (tertiary alicyclic amines) is 1. The lowest BCUT2D eigenvalue weighted by Gasteiger charge is -2.30. The minimum absolute atomic E-state index is 0.0165. The van der Waals surface area contributed by atoms with Crippen molar-refractivity contribution in [2.45, 2.75) is 38.0 Å². The molecule has 1 aliphatic rings. The number of carbonyl (C=O) groups is 1. The maximum Gasteiger partial charge on any atom is 0.264 e. The van der Waals surface area contributed by atoms with Crippen LogP contribution in [-0.2, 0) is 14.8 Å². The third-order valence-electron chi connectivity index (χ3n) is 6.40. The van der Waals surface area contributed by atoms with Gasteiger partial charge in [-0.1, -0.05) is 24.6 Å². The number of nitrogens with zero attached hydrogens (tertiary/aromatic N) is 2. The topological polar surface area (TPSA) is 88.2 Å². The van der Waals surface area contributed by atoms with Gasteiger partial charge in [0.1, 0.15) is 6.54 Å². The molecule has 1 fully saturated rings. The molecule has 0 atom stereocenters. The number of anilines is 1. The zero-order valence-corrected chi connectivity index (χ0v) is 21.9. The molecule has 1 N–H and O–H groups in total. The number of sulfonamides is 1. The van der Waals surface area contributed by atoms with Crippen LogP contribution in [0, 0.1) is 12.8 Å². The first-order valence-corrected chi connectivity index (χ1v) is 13.5. The Morgan fingerprint density at radius 3 is 2.34 bits per heavy atom. The van der Waals surface area contributed by atoms with Gasteiger partial charge in [0.25, 0.3) is 10.0 Å². The summed E-state index contributed by atoms with van der Waals surface area (Å²) in [5.74, 6) is 1.16. The van der Waals surface area contributed by atoms with E-state index in [0.29, 0.717) is 23.7 Å². The van der Waals surface area contributed by atoms with E-state index in [1.165, 1.54) is 39.2 Å². The standard InChI is InChI=1S/C26H37N3O5S/c1-20-6-8-22(9-7-20)29(35(31,32)23-10-11-24(33-3)25(18-23)34-4)19-26(30)27-14-5-15-28-16-12-21(2)13-17-28/h6-11,18,21H,5,12-17,19H2,1-4H3,(H,27,30). The van der Waals surface area contributed by atoms with Gasteiger partial charge in [0, 0.05) is 12.6 Å². The number of hydrogen-bond acceptors (Lipinski definition) is 6. The normalized spacial score (nSPS) is 15.0. The van der Waals surface area contributed by atoms with Gasteiger partial charge in [0.15, 0.2) is 11.5 Å². The second-order valence-electron chi connectivity index (χ2n) is 9.09. The van der Waals surface area contributed by atoms with Gasteiger partial charge in [-0.2, -0.15) is 0 Å². The lowest BCUT2D eigenvalue weighted by atomic mass is 9.99. The molecule has 0 aromatic heterocycles. The van der Waals surface area contributed by atoms with Gasteiger partial charge in [-0.15, -0.1) is 0 Å². The Bertz CT molecular complexity index is 1080. The molecule has 0 bridgehead atoms. The van der Waals surface area contributed by atoms with E-state index < -0.39 is 10.0 Å². The summed E-state index contributed by atoms with van der Waals surface area (Å²) in [6, 6.07) is 11.5. The number of benzene rings is 2. The van der Waals surface area contributed by atoms with Crippen LogP contribution < -0.4 is 19.1 Å². The monoisotopic (exact) mass is 503 g/mol. The first-order chi connectivity index (χ1) is 16.7. The molecule has 192 valence electrons. The van der Waals surface area contributed by atoms with E-state index in [0.717, 1.165) is 41.8 Å². The minimum atomic E-state index is -4.04. The van der Waals surface area contributed by atoms with Gasteiger partial charge in [0.2, 0.25) is 5.91 Å². The van der Waals surface area contributed by atoms with Crippen LogP contribution >= 0.6 is 0 Å². The summed E-state index contributed by atoms with van der Waals surface area (Å²) in [7, 11) is -1.11. The lowest BCUT2D eigenvalue weighted by Crippen LogP contribution is -2.42. The summed E-state index contributed by atoms with van der Waals surface area (Å²) in [5.41, 5.74) is 1.41. The molecule has 9 heteroatoms. The number of carbonyl (C=O) groups excluding carboxylic acids is 1. The van der Waals surface area contributed by atoms with Crippen LogP contribution in [0.2, 0.25) is 0 Å². The zero-order valence-electron chi connectivity index (χ0n) is 21.1. The number of amides is 1. The van der Waals surface area contributed by atoms with Gasteiger partial charge in [-0.25, -0.2) is 8.42 Å². The van der Waals surface area contributed by atoms with Gasteiger partial charge in [-0.3, -0.25) is 9.10 Å². The fraction of sp³-hybridized carbons (Fsp3) is 0.500. The number of hydrogen-bond donors (Lipinski definition) is 1. The highest BCUT2D eigenvalue weighted by molar-refractivity contribution is 7.92. The molecular formula is C26H37N3O5S. The van der Waals surface area contributed by atoms with E-state index in [1.54, 1.807) is 18.2 Å². The van der Waals surface area contributed by atoms with E-state index in [4.69, 9.17) is 9.47 Å². The average molecular weight is 504 g/mol. The number of methoxy groups -OCH3 is 2. The third kappa shape index (κ3) is 7.11. The molecule has 1 amide bonds. The van der Waals surface area contributed by atoms with Crippen LogP contribution in [0.15, 0.2) is 47.4 Å². The van der Waals surface area contributed by atoms with E-state index in [-0.39, 0.29) is 17.3 Å². The molecule has 8 nitrogen and oxygen atoms in total. The average Bonchev–Trinajstić information content (AvgIpc) is 2.86. The fourth-order valence-corrected chi connectivity index (χ4v) is 5.57. The Kier molecular flexibility index (Phi) is 9.40. The highest BCUT2D eigenvalue weighted by atomic mass is 32.2. The fourth-order valence-electron chi connectivity index (χ4n) is 4.13. The smallest absolute Gasteiger partial charge is 0.264 e. The number of nitrogens with one attached hydrogen (secondary N) is 1. The van der Waals surface area contributed by atoms with Crippen LogP contribution in [0.1, 0.15) is 31.7 Å². The van der Waals surface area contributed by atoms with Crippen LogP contribution in [0.25, 0.3) is 0 Å². The van der Waals surface area contributed by atoms with E-state index in [1.807, 2.05) is 19.1 Å². The molecule has 0 saturated carbocycles. The molecule has 2 aromatic carbocycles. The van der Waals surface area contributed by atoms with Crippen molar-refractivity contribution in [3.05, 3.63) is 48.0 Å². The number of aryl methyl sites for hydroxylation is 1. The molecular weight excluding hydrogens is 466 g/mol. The van der Waals surface area contributed by atoms with E-state index in [9.17, 15) is 13.2 Å². The van der Waals surface area contributed by atoms with E-state index >= 15 is 0 Å². The molecule has 0 unspecified atom stereocenters. The summed E-state index contributed by atoms with van der Waals surface area (Å²) >= 11 is 0. The molecule has 0 aliphatic carbocycles. The summed E-state index contributed by atoms with van der Waals surface area (Å²) in [6.07, 6.45) is 3.25. The van der Waals surface area contributed by atoms with Crippen LogP contribution in [-0.4, -0.2) is 66.2 Å². The molecule has 1 aliphatic heterocycles. The second kappa shape index (κ2) is 12.3. The van der Waals surface area contributed by atoms with Crippen molar-refractivity contribution < 1.29 is 22.7 Å². The van der Waals surface area contributed by atoms with Gasteiger partial charge in [-0.05, 0) is 76.0 Å². The Morgan fingerprint density at radius 2 is 1.71 bits per heavy atom. The first-order valence-electron chi connectivity index (χ1n) is 12.0. The second-order valence-corrected chi connectivity index (χ2v) is 11.0. The van der Waals surface area contributed by atoms with Crippen molar-refractivity contribution >= 4 is 21.6 Å². The third-order valence-corrected chi connectivity index (χ3v) is 8.17. The van der Waals surface area contributed by atoms with Crippen molar-refractivity contribution in [1.82, 2.24) is 10.2 Å². The summed E-state index contributed by atoms with van der Waals surface area (Å²) in [5, 5.41) is 2.89. The maximum absolute atomic E-state index is 13.6. The predicted molar refractivity (Wildman–Crippen MR) is 138 cm³/mol. The SMILES string of the molecule is COc1ccc(S(=O)(=O)N(CC(=O)NCCCN2CCC(C)CC2)c2ccc(C)cc2)cc1OC. The van der Waals surface area contributed by atoms with Crippen LogP contribution in [0.3, 0.4) is 0 Å². The van der Waals surface area contributed by atoms with Crippen molar-refractivity contribution in [3.8, 4) is 11.5 Å². The molecule has 1 saturated heterocycles. The predicted octanol–water partition coefficient (Wildman–Crippen LogP) is 3.45. The minimum Gasteiger partial charge on any atom is -0.493 e. The van der Waals surface area contributed by atoms with Crippen LogP contribution in [0.5, 0.6) is 11.5 Å². The quantitative estimate of drug-likeness (QED) is 0.473. The molecule has 35 heavy (non-hydrogen) atoms. The number of rotatable bonds is 11. The molecule has 1 heterocycles. The van der Waals surface area contributed by atoms with Crippen LogP contribution in [0.4, 0.5) is 5.69 Å². The van der Waals surface area contributed by atoms with Crippen molar-refractivity contribution in [2.75, 3.05) is 51.2 Å². The van der Waals surface area contributed by atoms with Crippen molar-refractivity contribution in [1.29, 1.82) is 0 Å². The summed E-state index contributed by atoms with van der Waals surface area (Å²) in [4.78, 5) is 15.3. The molecule has 3 rings (SSSR count). The summed E-state index contributed by atoms with van der Waals surface area (Å²) < 4.78 is 38.9. The van der Waals surface area contributed by atoms with Gasteiger partial charge < -0.3 is 19.7 Å². The van der Waals surface area contributed by atoms with Gasteiger partial charge >= 0.3 is 0 Å². The van der Waals surface area contributed by atoms with E-state index in [2.05, 4.69) is 17.1 Å². The van der Waals surface area contributed by atoms with Gasteiger partial charge in [0.05, 0.1) is 24.8 Å².